The molecule has 1 aromatic rings. The molecule has 1 heterocycles. The SMILES string of the molecule is COCC(C)CNc1cccnc1OC. The van der Waals surface area contributed by atoms with E-state index in [4.69, 9.17) is 9.47 Å². The van der Waals surface area contributed by atoms with Gasteiger partial charge in [0.1, 0.15) is 0 Å². The molecule has 1 atom stereocenters. The van der Waals surface area contributed by atoms with Crippen molar-refractivity contribution in [2.24, 2.45) is 5.92 Å². The van der Waals surface area contributed by atoms with Crippen molar-refractivity contribution in [2.75, 3.05) is 32.7 Å². The number of nitrogens with zero attached hydrogens (tertiary/aromatic N) is 1. The number of hydrogen-bond donors (Lipinski definition) is 1. The van der Waals surface area contributed by atoms with Crippen molar-refractivity contribution < 1.29 is 9.47 Å². The highest BCUT2D eigenvalue weighted by Crippen LogP contribution is 2.19. The number of hydrogen-bond acceptors (Lipinski definition) is 4. The Labute approximate surface area is 90.6 Å². The van der Waals surface area contributed by atoms with Gasteiger partial charge in [-0.25, -0.2) is 4.98 Å². The predicted molar refractivity (Wildman–Crippen MR) is 60.3 cm³/mol. The quantitative estimate of drug-likeness (QED) is 0.777. The van der Waals surface area contributed by atoms with Crippen LogP contribution < -0.4 is 10.1 Å². The van der Waals surface area contributed by atoms with Crippen molar-refractivity contribution in [3.8, 4) is 5.88 Å². The minimum absolute atomic E-state index is 0.458. The van der Waals surface area contributed by atoms with E-state index >= 15 is 0 Å². The fourth-order valence-corrected chi connectivity index (χ4v) is 1.32. The Balaban J connectivity index is 2.49. The van der Waals surface area contributed by atoms with E-state index in [1.54, 1.807) is 20.4 Å². The first kappa shape index (κ1) is 11.8. The van der Waals surface area contributed by atoms with Crippen LogP contribution in [0.5, 0.6) is 5.88 Å². The lowest BCUT2D eigenvalue weighted by atomic mass is 10.2. The molecule has 1 unspecified atom stereocenters. The summed E-state index contributed by atoms with van der Waals surface area (Å²) < 4.78 is 10.2. The third kappa shape index (κ3) is 3.75. The van der Waals surface area contributed by atoms with Crippen LogP contribution in [0, 0.1) is 5.92 Å². The first-order valence-electron chi connectivity index (χ1n) is 4.99. The van der Waals surface area contributed by atoms with Gasteiger partial charge in [-0.2, -0.15) is 0 Å². The zero-order valence-corrected chi connectivity index (χ0v) is 9.49. The highest BCUT2D eigenvalue weighted by atomic mass is 16.5. The number of nitrogens with one attached hydrogen (secondary N) is 1. The highest BCUT2D eigenvalue weighted by Gasteiger charge is 2.05. The number of anilines is 1. The van der Waals surface area contributed by atoms with Crippen LogP contribution in [0.15, 0.2) is 18.3 Å². The molecular weight excluding hydrogens is 192 g/mol. The summed E-state index contributed by atoms with van der Waals surface area (Å²) in [4.78, 5) is 4.11. The molecule has 0 radical (unpaired) electrons. The van der Waals surface area contributed by atoms with Gasteiger partial charge in [0, 0.05) is 19.9 Å². The van der Waals surface area contributed by atoms with Crippen molar-refractivity contribution in [1.82, 2.24) is 4.98 Å². The van der Waals surface area contributed by atoms with Crippen molar-refractivity contribution >= 4 is 5.69 Å². The summed E-state index contributed by atoms with van der Waals surface area (Å²) in [5.74, 6) is 1.09. The zero-order chi connectivity index (χ0) is 11.1. The molecule has 1 aromatic heterocycles. The van der Waals surface area contributed by atoms with Crippen LogP contribution >= 0.6 is 0 Å². The van der Waals surface area contributed by atoms with Crippen LogP contribution in [-0.2, 0) is 4.74 Å². The number of ether oxygens (including phenoxy) is 2. The highest BCUT2D eigenvalue weighted by molar-refractivity contribution is 5.51. The van der Waals surface area contributed by atoms with E-state index in [0.29, 0.717) is 11.8 Å². The predicted octanol–water partition coefficient (Wildman–Crippen LogP) is 1.78. The second-order valence-electron chi connectivity index (χ2n) is 3.50. The van der Waals surface area contributed by atoms with E-state index in [9.17, 15) is 0 Å². The molecule has 0 aliphatic heterocycles. The van der Waals surface area contributed by atoms with E-state index in [2.05, 4.69) is 17.2 Å². The first-order chi connectivity index (χ1) is 7.27. The average molecular weight is 210 g/mol. The fourth-order valence-electron chi connectivity index (χ4n) is 1.32. The molecule has 84 valence electrons. The summed E-state index contributed by atoms with van der Waals surface area (Å²) in [7, 11) is 3.33. The lowest BCUT2D eigenvalue weighted by Crippen LogP contribution is -2.16. The molecule has 4 nitrogen and oxygen atoms in total. The summed E-state index contributed by atoms with van der Waals surface area (Å²) in [6.45, 7) is 3.71. The molecule has 0 fully saturated rings. The van der Waals surface area contributed by atoms with Gasteiger partial charge in [-0.3, -0.25) is 0 Å². The molecule has 0 bridgehead atoms. The van der Waals surface area contributed by atoms with Crippen LogP contribution in [0.25, 0.3) is 0 Å². The number of methoxy groups -OCH3 is 2. The Bertz CT molecular complexity index is 292. The standard InChI is InChI=1S/C11H18N2O2/c1-9(8-14-2)7-13-10-5-4-6-12-11(10)15-3/h4-6,9,13H,7-8H2,1-3H3. The summed E-state index contributed by atoms with van der Waals surface area (Å²) in [6, 6.07) is 3.83. The normalized spacial score (nSPS) is 12.2. The van der Waals surface area contributed by atoms with Crippen LogP contribution in [0.2, 0.25) is 0 Å². The van der Waals surface area contributed by atoms with Gasteiger partial charge in [-0.05, 0) is 18.1 Å². The van der Waals surface area contributed by atoms with E-state index < -0.39 is 0 Å². The van der Waals surface area contributed by atoms with Gasteiger partial charge in [0.2, 0.25) is 5.88 Å². The zero-order valence-electron chi connectivity index (χ0n) is 9.49. The second kappa shape index (κ2) is 6.24. The topological polar surface area (TPSA) is 43.4 Å². The number of rotatable bonds is 6. The van der Waals surface area contributed by atoms with Crippen LogP contribution in [0.4, 0.5) is 5.69 Å². The summed E-state index contributed by atoms with van der Waals surface area (Å²) in [6.07, 6.45) is 1.71. The molecule has 0 aliphatic carbocycles. The van der Waals surface area contributed by atoms with E-state index in [1.165, 1.54) is 0 Å². The Kier molecular flexibility index (Phi) is 4.90. The van der Waals surface area contributed by atoms with Crippen LogP contribution in [0.3, 0.4) is 0 Å². The fraction of sp³-hybridized carbons (Fsp3) is 0.545. The molecule has 1 N–H and O–H groups in total. The second-order valence-corrected chi connectivity index (χ2v) is 3.50. The van der Waals surface area contributed by atoms with Gasteiger partial charge in [-0.1, -0.05) is 6.92 Å². The Morgan fingerprint density at radius 3 is 2.93 bits per heavy atom. The van der Waals surface area contributed by atoms with Crippen molar-refractivity contribution in [3.05, 3.63) is 18.3 Å². The maximum atomic E-state index is 5.13. The minimum Gasteiger partial charge on any atom is -0.480 e. The average Bonchev–Trinajstić information content (AvgIpc) is 2.27. The molecule has 0 amide bonds. The summed E-state index contributed by atoms with van der Waals surface area (Å²) in [5, 5.41) is 3.28. The summed E-state index contributed by atoms with van der Waals surface area (Å²) >= 11 is 0. The van der Waals surface area contributed by atoms with Crippen LogP contribution in [0.1, 0.15) is 6.92 Å². The smallest absolute Gasteiger partial charge is 0.237 e. The lowest BCUT2D eigenvalue weighted by molar-refractivity contribution is 0.164. The van der Waals surface area contributed by atoms with Crippen molar-refractivity contribution in [1.29, 1.82) is 0 Å². The van der Waals surface area contributed by atoms with Crippen molar-refractivity contribution in [3.63, 3.8) is 0 Å². The van der Waals surface area contributed by atoms with Gasteiger partial charge in [-0.15, -0.1) is 0 Å². The molecular formula is C11H18N2O2. The van der Waals surface area contributed by atoms with Gasteiger partial charge >= 0.3 is 0 Å². The molecule has 15 heavy (non-hydrogen) atoms. The molecule has 0 spiro atoms. The lowest BCUT2D eigenvalue weighted by Gasteiger charge is -2.13. The Hall–Kier alpha value is -1.29. The first-order valence-corrected chi connectivity index (χ1v) is 4.99. The monoisotopic (exact) mass is 210 g/mol. The third-order valence-electron chi connectivity index (χ3n) is 2.06. The maximum Gasteiger partial charge on any atom is 0.237 e. The van der Waals surface area contributed by atoms with Crippen LogP contribution in [-0.4, -0.2) is 32.4 Å². The molecule has 4 heteroatoms. The van der Waals surface area contributed by atoms with E-state index in [0.717, 1.165) is 18.8 Å². The van der Waals surface area contributed by atoms with Gasteiger partial charge in [0.05, 0.1) is 19.4 Å². The van der Waals surface area contributed by atoms with Gasteiger partial charge in [0.25, 0.3) is 0 Å². The largest absolute Gasteiger partial charge is 0.480 e. The van der Waals surface area contributed by atoms with Gasteiger partial charge < -0.3 is 14.8 Å². The molecule has 0 saturated carbocycles. The minimum atomic E-state index is 0.458. The van der Waals surface area contributed by atoms with Crippen molar-refractivity contribution in [2.45, 2.75) is 6.92 Å². The molecule has 1 rings (SSSR count). The summed E-state index contributed by atoms with van der Waals surface area (Å²) in [5.41, 5.74) is 0.919. The number of aromatic nitrogens is 1. The molecule has 0 saturated heterocycles. The van der Waals surface area contributed by atoms with E-state index in [-0.39, 0.29) is 0 Å². The van der Waals surface area contributed by atoms with Gasteiger partial charge in [0.15, 0.2) is 0 Å². The van der Waals surface area contributed by atoms with E-state index in [1.807, 2.05) is 12.1 Å². The third-order valence-corrected chi connectivity index (χ3v) is 2.06. The maximum absolute atomic E-state index is 5.13. The molecule has 0 aromatic carbocycles. The Morgan fingerprint density at radius 2 is 2.27 bits per heavy atom. The molecule has 0 aliphatic rings. The number of pyridine rings is 1. The Morgan fingerprint density at radius 1 is 1.47 bits per heavy atom.